The second-order valence-electron chi connectivity index (χ2n) is 4.87. The predicted octanol–water partition coefficient (Wildman–Crippen LogP) is 2.59. The zero-order valence-corrected chi connectivity index (χ0v) is 13.6. The fraction of sp³-hybridized carbons (Fsp3) is 0.250. The van der Waals surface area contributed by atoms with Gasteiger partial charge in [0, 0.05) is 18.8 Å². The maximum atomic E-state index is 12.6. The normalized spacial score (nSPS) is 10.1. The minimum absolute atomic E-state index is 1.08. The molecule has 2 N–H and O–H groups in total. The molecule has 0 fully saturated rings. The molecule has 0 aliphatic carbocycles. The Hall–Kier alpha value is -2.13. The molecule has 0 bridgehead atoms. The highest BCUT2D eigenvalue weighted by molar-refractivity contribution is 6.58. The molecular formula is C16H17BF5NO2. The minimum atomic E-state index is -2.76. The van der Waals surface area contributed by atoms with Gasteiger partial charge in [-0.15, -0.1) is 0 Å². The molecule has 0 radical (unpaired) electrons. The molecule has 25 heavy (non-hydrogen) atoms. The van der Waals surface area contributed by atoms with Crippen molar-refractivity contribution in [2.75, 3.05) is 18.0 Å². The van der Waals surface area contributed by atoms with Gasteiger partial charge in [-0.05, 0) is 26.0 Å². The van der Waals surface area contributed by atoms with E-state index >= 15 is 0 Å². The van der Waals surface area contributed by atoms with Crippen molar-refractivity contribution < 1.29 is 32.0 Å². The number of halogens is 5. The first-order valence-electron chi connectivity index (χ1n) is 7.43. The number of hydrogen-bond acceptors (Lipinski definition) is 3. The van der Waals surface area contributed by atoms with E-state index in [1.54, 1.807) is 0 Å². The van der Waals surface area contributed by atoms with Crippen LogP contribution in [0, 0.1) is 29.1 Å². The van der Waals surface area contributed by atoms with Crippen molar-refractivity contribution in [1.82, 2.24) is 0 Å². The van der Waals surface area contributed by atoms with E-state index in [2.05, 4.69) is 43.0 Å². The highest BCUT2D eigenvalue weighted by Crippen LogP contribution is 2.16. The molecule has 0 atom stereocenters. The van der Waals surface area contributed by atoms with Gasteiger partial charge in [0.25, 0.3) is 0 Å². The molecule has 2 rings (SSSR count). The summed E-state index contributed by atoms with van der Waals surface area (Å²) in [6.07, 6.45) is 0. The lowest BCUT2D eigenvalue weighted by molar-refractivity contribution is 0.373. The van der Waals surface area contributed by atoms with E-state index in [9.17, 15) is 22.0 Å². The van der Waals surface area contributed by atoms with E-state index in [1.165, 1.54) is 5.69 Å². The highest BCUT2D eigenvalue weighted by atomic mass is 19.2. The van der Waals surface area contributed by atoms with Gasteiger partial charge in [0.05, 0.1) is 5.46 Å². The van der Waals surface area contributed by atoms with Crippen LogP contribution in [0.5, 0.6) is 0 Å². The molecule has 0 unspecified atom stereocenters. The Morgan fingerprint density at radius 1 is 0.760 bits per heavy atom. The summed E-state index contributed by atoms with van der Waals surface area (Å²) in [7, 11) is -2.76. The van der Waals surface area contributed by atoms with Gasteiger partial charge in [-0.25, -0.2) is 22.0 Å². The predicted molar refractivity (Wildman–Crippen MR) is 86.1 cm³/mol. The van der Waals surface area contributed by atoms with Crippen LogP contribution in [-0.2, 0) is 0 Å². The molecule has 0 spiro atoms. The first-order valence-corrected chi connectivity index (χ1v) is 7.43. The van der Waals surface area contributed by atoms with Crippen LogP contribution in [0.1, 0.15) is 13.8 Å². The van der Waals surface area contributed by atoms with Crippen LogP contribution in [0.2, 0.25) is 0 Å². The molecule has 3 nitrogen and oxygen atoms in total. The van der Waals surface area contributed by atoms with E-state index in [0.29, 0.717) is 0 Å². The minimum Gasteiger partial charge on any atom is -0.423 e. The van der Waals surface area contributed by atoms with Crippen LogP contribution in [0.3, 0.4) is 0 Å². The quantitative estimate of drug-likeness (QED) is 0.381. The van der Waals surface area contributed by atoms with Crippen molar-refractivity contribution in [2.24, 2.45) is 0 Å². The van der Waals surface area contributed by atoms with Crippen LogP contribution >= 0.6 is 0 Å². The summed E-state index contributed by atoms with van der Waals surface area (Å²) in [6.45, 7) is 6.52. The van der Waals surface area contributed by atoms with Gasteiger partial charge in [0.15, 0.2) is 29.1 Å². The average molecular weight is 361 g/mol. The zero-order valence-electron chi connectivity index (χ0n) is 13.6. The lowest BCUT2D eigenvalue weighted by Gasteiger charge is -2.20. The lowest BCUT2D eigenvalue weighted by Crippen LogP contribution is -2.38. The number of benzene rings is 2. The molecule has 0 saturated carbocycles. The largest absolute Gasteiger partial charge is 0.494 e. The monoisotopic (exact) mass is 361 g/mol. The van der Waals surface area contributed by atoms with Gasteiger partial charge in [0.1, 0.15) is 0 Å². The first-order chi connectivity index (χ1) is 11.8. The van der Waals surface area contributed by atoms with Crippen LogP contribution in [-0.4, -0.2) is 30.3 Å². The number of para-hydroxylation sites is 1. The Morgan fingerprint density at radius 3 is 1.52 bits per heavy atom. The number of hydrogen-bond donors (Lipinski definition) is 2. The van der Waals surface area contributed by atoms with Gasteiger partial charge in [-0.1, -0.05) is 18.2 Å². The van der Waals surface area contributed by atoms with Crippen molar-refractivity contribution in [1.29, 1.82) is 0 Å². The van der Waals surface area contributed by atoms with Gasteiger partial charge >= 0.3 is 7.12 Å². The molecule has 0 amide bonds. The Balaban J connectivity index is 0.000000257. The van der Waals surface area contributed by atoms with E-state index in [1.807, 2.05) is 6.07 Å². The molecule has 136 valence electrons. The first kappa shape index (κ1) is 20.9. The van der Waals surface area contributed by atoms with Crippen molar-refractivity contribution in [3.8, 4) is 0 Å². The second-order valence-corrected chi connectivity index (χ2v) is 4.87. The maximum Gasteiger partial charge on any atom is 0.494 e. The summed E-state index contributed by atoms with van der Waals surface area (Å²) in [5, 5.41) is 16.7. The molecular weight excluding hydrogens is 344 g/mol. The van der Waals surface area contributed by atoms with Crippen LogP contribution in [0.4, 0.5) is 27.6 Å². The van der Waals surface area contributed by atoms with Gasteiger partial charge in [0.2, 0.25) is 0 Å². The third kappa shape index (κ3) is 4.93. The molecule has 2 aromatic rings. The number of anilines is 1. The Morgan fingerprint density at radius 2 is 1.16 bits per heavy atom. The van der Waals surface area contributed by atoms with Crippen LogP contribution in [0.15, 0.2) is 30.3 Å². The number of rotatable bonds is 4. The van der Waals surface area contributed by atoms with E-state index < -0.39 is 41.7 Å². The molecule has 0 aliphatic rings. The molecule has 0 heterocycles. The third-order valence-electron chi connectivity index (χ3n) is 3.39. The van der Waals surface area contributed by atoms with E-state index in [4.69, 9.17) is 10.0 Å². The summed E-state index contributed by atoms with van der Waals surface area (Å²) in [4.78, 5) is 2.33. The molecule has 0 saturated heterocycles. The van der Waals surface area contributed by atoms with Crippen LogP contribution < -0.4 is 10.4 Å². The summed E-state index contributed by atoms with van der Waals surface area (Å²) in [5.74, 6) is -11.3. The molecule has 2 aromatic carbocycles. The van der Waals surface area contributed by atoms with Crippen LogP contribution in [0.25, 0.3) is 0 Å². The molecule has 0 aromatic heterocycles. The third-order valence-corrected chi connectivity index (χ3v) is 3.39. The summed E-state index contributed by atoms with van der Waals surface area (Å²) >= 11 is 0. The van der Waals surface area contributed by atoms with Gasteiger partial charge < -0.3 is 14.9 Å². The molecule has 9 heteroatoms. The zero-order chi connectivity index (χ0) is 19.1. The number of nitrogens with zero attached hydrogens (tertiary/aromatic N) is 1. The van der Waals surface area contributed by atoms with E-state index in [0.717, 1.165) is 13.1 Å². The smallest absolute Gasteiger partial charge is 0.423 e. The Bertz CT molecular complexity index is 668. The summed E-state index contributed by atoms with van der Waals surface area (Å²) in [5.41, 5.74) is -0.348. The second kappa shape index (κ2) is 9.38. The summed E-state index contributed by atoms with van der Waals surface area (Å²) in [6, 6.07) is 10.5. The van der Waals surface area contributed by atoms with Crippen molar-refractivity contribution in [3.63, 3.8) is 0 Å². The van der Waals surface area contributed by atoms with Crippen molar-refractivity contribution in [3.05, 3.63) is 59.4 Å². The fourth-order valence-corrected chi connectivity index (χ4v) is 2.08. The molecule has 0 aliphatic heterocycles. The van der Waals surface area contributed by atoms with E-state index in [-0.39, 0.29) is 0 Å². The van der Waals surface area contributed by atoms with Gasteiger partial charge in [-0.3, -0.25) is 0 Å². The van der Waals surface area contributed by atoms with Gasteiger partial charge in [-0.2, -0.15) is 0 Å². The highest BCUT2D eigenvalue weighted by Gasteiger charge is 2.31. The summed E-state index contributed by atoms with van der Waals surface area (Å²) < 4.78 is 62.4. The lowest BCUT2D eigenvalue weighted by atomic mass is 9.79. The van der Waals surface area contributed by atoms with Crippen molar-refractivity contribution in [2.45, 2.75) is 13.8 Å². The fourth-order valence-electron chi connectivity index (χ4n) is 2.08. The Labute approximate surface area is 142 Å². The topological polar surface area (TPSA) is 43.7 Å². The Kier molecular flexibility index (Phi) is 7.85. The SMILES string of the molecule is CCN(CC)c1ccccc1.OB(O)c1c(F)c(F)c(F)c(F)c1F. The van der Waals surface area contributed by atoms with Crippen molar-refractivity contribution >= 4 is 18.3 Å². The standard InChI is InChI=1S/C10H15N.C6H2BF5O2/c1-3-11(4-2)10-8-6-5-7-9-10;8-2-1(7(13)14)3(9)5(11)6(12)4(2)10/h5-9H,3-4H2,1-2H3;13-14H. The maximum absolute atomic E-state index is 12.6. The average Bonchev–Trinajstić information content (AvgIpc) is 2.61.